The molecule has 1 heterocycles. The van der Waals surface area contributed by atoms with Crippen molar-refractivity contribution in [3.63, 3.8) is 0 Å². The number of hydrogen-bond acceptors (Lipinski definition) is 4. The maximum absolute atomic E-state index is 10.8. The SMILES string of the molecule is CC(C)(C)[Si](OCCCc1ncc(C=O)cn1)(c1ccccc1)c1ccccc1. The van der Waals surface area contributed by atoms with Crippen molar-refractivity contribution < 1.29 is 9.22 Å². The van der Waals surface area contributed by atoms with Gasteiger partial charge in [0.2, 0.25) is 0 Å². The number of aldehydes is 1. The molecule has 0 spiro atoms. The normalized spacial score (nSPS) is 12.0. The molecule has 0 amide bonds. The maximum Gasteiger partial charge on any atom is 0.261 e. The van der Waals surface area contributed by atoms with Crippen LogP contribution in [0, 0.1) is 0 Å². The number of carbonyl (C=O) groups excluding carboxylic acids is 1. The van der Waals surface area contributed by atoms with E-state index in [1.54, 1.807) is 12.4 Å². The second-order valence-electron chi connectivity index (χ2n) is 8.17. The lowest BCUT2D eigenvalue weighted by Crippen LogP contribution is -2.66. The molecule has 0 atom stereocenters. The highest BCUT2D eigenvalue weighted by Gasteiger charge is 2.49. The van der Waals surface area contributed by atoms with Crippen LogP contribution in [0.5, 0.6) is 0 Å². The van der Waals surface area contributed by atoms with Crippen molar-refractivity contribution in [2.75, 3.05) is 6.61 Å². The quantitative estimate of drug-likeness (QED) is 0.326. The van der Waals surface area contributed by atoms with Gasteiger partial charge in [-0.05, 0) is 21.8 Å². The second-order valence-corrected chi connectivity index (χ2v) is 12.5. The van der Waals surface area contributed by atoms with Gasteiger partial charge < -0.3 is 4.43 Å². The van der Waals surface area contributed by atoms with Crippen molar-refractivity contribution in [2.45, 2.75) is 38.7 Å². The van der Waals surface area contributed by atoms with Gasteiger partial charge in [0, 0.05) is 25.4 Å². The molecule has 3 aromatic rings. The molecule has 150 valence electrons. The average Bonchev–Trinajstić information content (AvgIpc) is 2.74. The summed E-state index contributed by atoms with van der Waals surface area (Å²) in [7, 11) is -2.49. The Morgan fingerprint density at radius 3 is 1.86 bits per heavy atom. The first-order chi connectivity index (χ1) is 14.0. The molecule has 3 rings (SSSR count). The fraction of sp³-hybridized carbons (Fsp3) is 0.292. The van der Waals surface area contributed by atoms with Crippen molar-refractivity contribution in [1.82, 2.24) is 9.97 Å². The number of nitrogens with zero attached hydrogens (tertiary/aromatic N) is 2. The van der Waals surface area contributed by atoms with E-state index in [1.165, 1.54) is 10.4 Å². The molecule has 0 aliphatic rings. The van der Waals surface area contributed by atoms with Gasteiger partial charge >= 0.3 is 0 Å². The fourth-order valence-corrected chi connectivity index (χ4v) is 8.38. The summed E-state index contributed by atoms with van der Waals surface area (Å²) in [5.74, 6) is 0.738. The Hall–Kier alpha value is -2.63. The lowest BCUT2D eigenvalue weighted by molar-refractivity contribution is 0.112. The van der Waals surface area contributed by atoms with Crippen molar-refractivity contribution >= 4 is 25.0 Å². The zero-order chi connectivity index (χ0) is 20.7. The average molecular weight is 405 g/mol. The monoisotopic (exact) mass is 404 g/mol. The lowest BCUT2D eigenvalue weighted by atomic mass is 10.2. The Morgan fingerprint density at radius 1 is 0.897 bits per heavy atom. The minimum absolute atomic E-state index is 0.0299. The Kier molecular flexibility index (Phi) is 6.72. The van der Waals surface area contributed by atoms with Gasteiger partial charge in [0.1, 0.15) is 5.82 Å². The Balaban J connectivity index is 1.84. The van der Waals surface area contributed by atoms with Crippen LogP contribution >= 0.6 is 0 Å². The van der Waals surface area contributed by atoms with E-state index in [0.717, 1.165) is 25.0 Å². The molecule has 0 fully saturated rings. The number of aromatic nitrogens is 2. The molecular weight excluding hydrogens is 376 g/mol. The van der Waals surface area contributed by atoms with Crippen LogP contribution in [0.25, 0.3) is 0 Å². The van der Waals surface area contributed by atoms with E-state index in [9.17, 15) is 4.79 Å². The largest absolute Gasteiger partial charge is 0.407 e. The number of benzene rings is 2. The van der Waals surface area contributed by atoms with Crippen LogP contribution in [0.3, 0.4) is 0 Å². The number of carbonyl (C=O) groups is 1. The first-order valence-corrected chi connectivity index (χ1v) is 11.9. The van der Waals surface area contributed by atoms with Gasteiger partial charge in [-0.3, -0.25) is 4.79 Å². The van der Waals surface area contributed by atoms with Crippen LogP contribution < -0.4 is 10.4 Å². The van der Waals surface area contributed by atoms with Crippen LogP contribution in [-0.2, 0) is 10.8 Å². The van der Waals surface area contributed by atoms with Crippen LogP contribution in [0.2, 0.25) is 5.04 Å². The lowest BCUT2D eigenvalue weighted by Gasteiger charge is -2.43. The van der Waals surface area contributed by atoms with Crippen molar-refractivity contribution in [3.8, 4) is 0 Å². The molecule has 2 aromatic carbocycles. The molecule has 1 aromatic heterocycles. The van der Waals surface area contributed by atoms with E-state index < -0.39 is 8.32 Å². The molecule has 0 bridgehead atoms. The maximum atomic E-state index is 10.8. The zero-order valence-electron chi connectivity index (χ0n) is 17.3. The molecule has 0 radical (unpaired) electrons. The summed E-state index contributed by atoms with van der Waals surface area (Å²) in [6, 6.07) is 21.3. The Labute approximate surface area is 174 Å². The summed E-state index contributed by atoms with van der Waals surface area (Å²) in [6.07, 6.45) is 5.44. The van der Waals surface area contributed by atoms with E-state index in [0.29, 0.717) is 12.2 Å². The summed E-state index contributed by atoms with van der Waals surface area (Å²) in [5.41, 5.74) is 0.498. The molecule has 4 nitrogen and oxygen atoms in total. The minimum atomic E-state index is -2.49. The molecule has 0 unspecified atom stereocenters. The Morgan fingerprint density at radius 2 is 1.41 bits per heavy atom. The van der Waals surface area contributed by atoms with Crippen LogP contribution in [0.15, 0.2) is 73.1 Å². The summed E-state index contributed by atoms with van der Waals surface area (Å²) < 4.78 is 6.86. The fourth-order valence-electron chi connectivity index (χ4n) is 3.77. The third-order valence-electron chi connectivity index (χ3n) is 5.14. The highest BCUT2D eigenvalue weighted by Crippen LogP contribution is 2.36. The summed E-state index contributed by atoms with van der Waals surface area (Å²) in [5, 5.41) is 2.54. The van der Waals surface area contributed by atoms with Crippen LogP contribution in [0.1, 0.15) is 43.4 Å². The van der Waals surface area contributed by atoms with Gasteiger partial charge in [0.25, 0.3) is 8.32 Å². The molecular formula is C24H28N2O2Si. The number of aryl methyl sites for hydroxylation is 1. The van der Waals surface area contributed by atoms with E-state index >= 15 is 0 Å². The van der Waals surface area contributed by atoms with E-state index in [1.807, 2.05) is 0 Å². The standard InChI is InChI=1S/C24H28N2O2Si/c1-24(2,3)29(21-11-6-4-7-12-21,22-13-8-5-9-14-22)28-16-10-15-23-25-17-20(19-27)18-26-23/h4-9,11-14,17-19H,10,15-16H2,1-3H3. The Bertz CT molecular complexity index is 868. The first-order valence-electron chi connectivity index (χ1n) is 9.98. The molecule has 0 aliphatic carbocycles. The molecule has 0 N–H and O–H groups in total. The third kappa shape index (κ3) is 4.69. The van der Waals surface area contributed by atoms with Crippen LogP contribution in [-0.4, -0.2) is 31.2 Å². The third-order valence-corrected chi connectivity index (χ3v) is 10.2. The van der Waals surface area contributed by atoms with Gasteiger partial charge in [0.05, 0.1) is 5.56 Å². The van der Waals surface area contributed by atoms with Gasteiger partial charge in [-0.25, -0.2) is 9.97 Å². The number of rotatable bonds is 8. The highest BCUT2D eigenvalue weighted by molar-refractivity contribution is 6.99. The number of hydrogen-bond donors (Lipinski definition) is 0. The van der Waals surface area contributed by atoms with Crippen molar-refractivity contribution in [3.05, 3.63) is 84.4 Å². The summed E-state index contributed by atoms with van der Waals surface area (Å²) >= 11 is 0. The predicted octanol–water partition coefficient (Wildman–Crippen LogP) is 3.80. The molecule has 29 heavy (non-hydrogen) atoms. The van der Waals surface area contributed by atoms with E-state index in [-0.39, 0.29) is 5.04 Å². The molecule has 0 saturated heterocycles. The van der Waals surface area contributed by atoms with Gasteiger partial charge in [-0.2, -0.15) is 0 Å². The smallest absolute Gasteiger partial charge is 0.261 e. The highest BCUT2D eigenvalue weighted by atomic mass is 28.4. The second kappa shape index (κ2) is 9.24. The summed E-state index contributed by atoms with van der Waals surface area (Å²) in [6.45, 7) is 7.47. The topological polar surface area (TPSA) is 52.1 Å². The predicted molar refractivity (Wildman–Crippen MR) is 119 cm³/mol. The summed E-state index contributed by atoms with van der Waals surface area (Å²) in [4.78, 5) is 19.3. The van der Waals surface area contributed by atoms with Gasteiger partial charge in [0.15, 0.2) is 6.29 Å². The first kappa shape index (κ1) is 21.1. The van der Waals surface area contributed by atoms with E-state index in [2.05, 4.69) is 91.4 Å². The molecule has 0 saturated carbocycles. The van der Waals surface area contributed by atoms with Crippen LogP contribution in [0.4, 0.5) is 0 Å². The molecule has 0 aliphatic heterocycles. The van der Waals surface area contributed by atoms with Crippen molar-refractivity contribution in [2.24, 2.45) is 0 Å². The van der Waals surface area contributed by atoms with Gasteiger partial charge in [-0.15, -0.1) is 0 Å². The zero-order valence-corrected chi connectivity index (χ0v) is 18.3. The van der Waals surface area contributed by atoms with Gasteiger partial charge in [-0.1, -0.05) is 81.4 Å². The van der Waals surface area contributed by atoms with E-state index in [4.69, 9.17) is 4.43 Å². The minimum Gasteiger partial charge on any atom is -0.407 e. The van der Waals surface area contributed by atoms with Crippen molar-refractivity contribution in [1.29, 1.82) is 0 Å². The molecule has 5 heteroatoms.